The van der Waals surface area contributed by atoms with Gasteiger partial charge in [-0.25, -0.2) is 0 Å². The van der Waals surface area contributed by atoms with Crippen molar-refractivity contribution in [3.63, 3.8) is 0 Å². The van der Waals surface area contributed by atoms with Gasteiger partial charge in [-0.15, -0.1) is 0 Å². The molecule has 3 N–H and O–H groups in total. The van der Waals surface area contributed by atoms with Crippen molar-refractivity contribution in [3.8, 4) is 6.07 Å². The standard InChI is InChI=1S/C3H3NO2.C3H8O2/c4-2-1-3(5)6;1-3(5)2-4/h1H2,(H,5,6);3-5H,2H2,1H3. The van der Waals surface area contributed by atoms with Crippen LogP contribution in [-0.2, 0) is 4.79 Å². The summed E-state index contributed by atoms with van der Waals surface area (Å²) in [5.41, 5.74) is 0. The van der Waals surface area contributed by atoms with E-state index in [0.717, 1.165) is 0 Å². The quantitative estimate of drug-likeness (QED) is 0.499. The van der Waals surface area contributed by atoms with Crippen LogP contribution < -0.4 is 0 Å². The zero-order chi connectivity index (χ0) is 9.28. The van der Waals surface area contributed by atoms with E-state index < -0.39 is 18.5 Å². The van der Waals surface area contributed by atoms with Gasteiger partial charge >= 0.3 is 5.97 Å². The topological polar surface area (TPSA) is 102 Å². The van der Waals surface area contributed by atoms with Crippen molar-refractivity contribution >= 4 is 5.97 Å². The van der Waals surface area contributed by atoms with Crippen LogP contribution in [0.5, 0.6) is 0 Å². The molecule has 0 bridgehead atoms. The fourth-order valence-corrected chi connectivity index (χ4v) is 0.0676. The van der Waals surface area contributed by atoms with Gasteiger partial charge in [-0.1, -0.05) is 0 Å². The van der Waals surface area contributed by atoms with Crippen LogP contribution in [0.1, 0.15) is 13.3 Å². The van der Waals surface area contributed by atoms with E-state index in [1.807, 2.05) is 0 Å². The van der Waals surface area contributed by atoms with E-state index in [1.54, 1.807) is 0 Å². The third-order valence-corrected chi connectivity index (χ3v) is 0.495. The molecule has 0 saturated heterocycles. The Kier molecular flexibility index (Phi) is 10.1. The van der Waals surface area contributed by atoms with Crippen molar-refractivity contribution < 1.29 is 20.1 Å². The van der Waals surface area contributed by atoms with Gasteiger partial charge in [0.1, 0.15) is 6.42 Å². The molecule has 0 heterocycles. The van der Waals surface area contributed by atoms with E-state index in [1.165, 1.54) is 13.0 Å². The van der Waals surface area contributed by atoms with E-state index in [4.69, 9.17) is 20.6 Å². The first-order chi connectivity index (χ1) is 5.04. The lowest BCUT2D eigenvalue weighted by atomic mass is 10.5. The summed E-state index contributed by atoms with van der Waals surface area (Å²) in [6, 6.07) is 1.47. The van der Waals surface area contributed by atoms with Crippen molar-refractivity contribution in [2.75, 3.05) is 6.61 Å². The molecule has 0 aliphatic heterocycles. The monoisotopic (exact) mass is 161 g/mol. The second-order valence-corrected chi connectivity index (χ2v) is 1.76. The highest BCUT2D eigenvalue weighted by Crippen LogP contribution is 1.69. The van der Waals surface area contributed by atoms with Crippen molar-refractivity contribution in [1.82, 2.24) is 0 Å². The molecule has 1 atom stereocenters. The van der Waals surface area contributed by atoms with Crippen LogP contribution in [0.3, 0.4) is 0 Å². The lowest BCUT2D eigenvalue weighted by Crippen LogP contribution is -2.03. The lowest BCUT2D eigenvalue weighted by Gasteiger charge is -1.90. The molecule has 0 saturated carbocycles. The summed E-state index contributed by atoms with van der Waals surface area (Å²) in [5.74, 6) is -1.07. The summed E-state index contributed by atoms with van der Waals surface area (Å²) in [5, 5.41) is 31.3. The maximum atomic E-state index is 9.38. The van der Waals surface area contributed by atoms with Crippen LogP contribution >= 0.6 is 0 Å². The number of carbonyl (C=O) groups is 1. The van der Waals surface area contributed by atoms with E-state index in [0.29, 0.717) is 0 Å². The van der Waals surface area contributed by atoms with Crippen LogP contribution in [0.2, 0.25) is 0 Å². The number of aliphatic hydroxyl groups excluding tert-OH is 2. The Balaban J connectivity index is 0. The summed E-state index contributed by atoms with van der Waals surface area (Å²) in [7, 11) is 0. The first-order valence-corrected chi connectivity index (χ1v) is 2.92. The van der Waals surface area contributed by atoms with Crippen molar-refractivity contribution in [1.29, 1.82) is 5.26 Å². The number of hydrogen-bond acceptors (Lipinski definition) is 4. The van der Waals surface area contributed by atoms with Gasteiger partial charge in [0.25, 0.3) is 0 Å². The van der Waals surface area contributed by atoms with Gasteiger partial charge in [0.2, 0.25) is 0 Å². The molecule has 0 radical (unpaired) electrons. The van der Waals surface area contributed by atoms with Gasteiger partial charge < -0.3 is 15.3 Å². The summed E-state index contributed by atoms with van der Waals surface area (Å²) < 4.78 is 0. The van der Waals surface area contributed by atoms with E-state index in [9.17, 15) is 4.79 Å². The van der Waals surface area contributed by atoms with Gasteiger partial charge in [0.15, 0.2) is 0 Å². The smallest absolute Gasteiger partial charge is 0.317 e. The Morgan fingerprint density at radius 1 is 1.73 bits per heavy atom. The highest BCUT2D eigenvalue weighted by molar-refractivity contribution is 5.69. The minimum Gasteiger partial charge on any atom is -0.480 e. The molecule has 11 heavy (non-hydrogen) atoms. The average molecular weight is 161 g/mol. The Labute approximate surface area is 64.5 Å². The van der Waals surface area contributed by atoms with Gasteiger partial charge in [-0.3, -0.25) is 4.79 Å². The number of nitrogens with zero attached hydrogens (tertiary/aromatic N) is 1. The zero-order valence-electron chi connectivity index (χ0n) is 6.19. The Bertz CT molecular complexity index is 138. The number of aliphatic hydroxyl groups is 2. The first-order valence-electron chi connectivity index (χ1n) is 2.92. The first kappa shape index (κ1) is 12.5. The van der Waals surface area contributed by atoms with E-state index in [2.05, 4.69) is 0 Å². The number of rotatable bonds is 2. The molecule has 0 rings (SSSR count). The molecule has 0 aliphatic rings. The predicted octanol–water partition coefficient (Wildman–Crippen LogP) is -0.656. The minimum atomic E-state index is -1.07. The molecular formula is C6H11NO4. The summed E-state index contributed by atoms with van der Waals surface area (Å²) >= 11 is 0. The molecule has 0 aromatic heterocycles. The maximum absolute atomic E-state index is 9.38. The van der Waals surface area contributed by atoms with E-state index in [-0.39, 0.29) is 6.61 Å². The third kappa shape index (κ3) is 27.9. The molecule has 5 heteroatoms. The SMILES string of the molecule is CC(O)CO.N#CCC(=O)O. The number of nitriles is 1. The van der Waals surface area contributed by atoms with Gasteiger partial charge in [0.05, 0.1) is 18.8 Å². The largest absolute Gasteiger partial charge is 0.480 e. The third-order valence-electron chi connectivity index (χ3n) is 0.495. The minimum absolute atomic E-state index is 0.139. The number of hydrogen-bond donors (Lipinski definition) is 3. The van der Waals surface area contributed by atoms with Crippen LogP contribution in [0.25, 0.3) is 0 Å². The van der Waals surface area contributed by atoms with Gasteiger partial charge in [0, 0.05) is 0 Å². The van der Waals surface area contributed by atoms with Crippen LogP contribution in [0.15, 0.2) is 0 Å². The maximum Gasteiger partial charge on any atom is 0.317 e. The predicted molar refractivity (Wildman–Crippen MR) is 36.6 cm³/mol. The van der Waals surface area contributed by atoms with Gasteiger partial charge in [-0.05, 0) is 6.92 Å². The van der Waals surface area contributed by atoms with Crippen molar-refractivity contribution in [2.24, 2.45) is 0 Å². The zero-order valence-corrected chi connectivity index (χ0v) is 6.19. The summed E-state index contributed by atoms with van der Waals surface area (Å²) in [4.78, 5) is 9.38. The molecule has 0 amide bonds. The normalized spacial score (nSPS) is 10.4. The average Bonchev–Trinajstić information content (AvgIpc) is 1.89. The molecule has 0 aromatic rings. The highest BCUT2D eigenvalue weighted by atomic mass is 16.4. The highest BCUT2D eigenvalue weighted by Gasteiger charge is 1.87. The summed E-state index contributed by atoms with van der Waals surface area (Å²) in [6.07, 6.45) is -0.963. The lowest BCUT2D eigenvalue weighted by molar-refractivity contribution is -0.135. The Hall–Kier alpha value is -1.12. The number of aliphatic carboxylic acids is 1. The van der Waals surface area contributed by atoms with Crippen molar-refractivity contribution in [2.45, 2.75) is 19.4 Å². The second-order valence-electron chi connectivity index (χ2n) is 1.76. The molecule has 5 nitrogen and oxygen atoms in total. The molecule has 0 aliphatic carbocycles. The summed E-state index contributed by atoms with van der Waals surface area (Å²) in [6.45, 7) is 1.39. The fraction of sp³-hybridized carbons (Fsp3) is 0.667. The molecule has 0 fully saturated rings. The molecule has 1 unspecified atom stereocenters. The number of carboxylic acid groups (broad SMARTS) is 1. The van der Waals surface area contributed by atoms with Crippen LogP contribution in [-0.4, -0.2) is 34.0 Å². The van der Waals surface area contributed by atoms with E-state index >= 15 is 0 Å². The molecule has 64 valence electrons. The molecule has 0 aromatic carbocycles. The second kappa shape index (κ2) is 8.88. The fourth-order valence-electron chi connectivity index (χ4n) is 0.0676. The Morgan fingerprint density at radius 2 is 2.09 bits per heavy atom. The number of carboxylic acids is 1. The molecular weight excluding hydrogens is 150 g/mol. The van der Waals surface area contributed by atoms with Crippen LogP contribution in [0, 0.1) is 11.3 Å². The van der Waals surface area contributed by atoms with Crippen molar-refractivity contribution in [3.05, 3.63) is 0 Å². The Morgan fingerprint density at radius 3 is 2.09 bits per heavy atom. The van der Waals surface area contributed by atoms with Crippen LogP contribution in [0.4, 0.5) is 0 Å². The molecule has 0 spiro atoms. The van der Waals surface area contributed by atoms with Gasteiger partial charge in [-0.2, -0.15) is 5.26 Å².